The van der Waals surface area contributed by atoms with Gasteiger partial charge in [0.05, 0.1) is 0 Å². The summed E-state index contributed by atoms with van der Waals surface area (Å²) in [5, 5.41) is 5.94. The number of amides is 2. The highest BCUT2D eigenvalue weighted by Crippen LogP contribution is 2.45. The molecule has 1 aromatic heterocycles. The van der Waals surface area contributed by atoms with Gasteiger partial charge in [0.25, 0.3) is 0 Å². The van der Waals surface area contributed by atoms with Crippen molar-refractivity contribution in [2.45, 2.75) is 77.3 Å². The van der Waals surface area contributed by atoms with Gasteiger partial charge < -0.3 is 16.4 Å². The first kappa shape index (κ1) is 20.6. The summed E-state index contributed by atoms with van der Waals surface area (Å²) in [6.07, 6.45) is 11.8. The fourth-order valence-corrected chi connectivity index (χ4v) is 5.05. The van der Waals surface area contributed by atoms with E-state index in [9.17, 15) is 9.59 Å². The minimum atomic E-state index is -0.458. The van der Waals surface area contributed by atoms with Gasteiger partial charge in [-0.1, -0.05) is 51.5 Å². The molecule has 1 aromatic rings. The second-order valence-corrected chi connectivity index (χ2v) is 8.42. The molecule has 0 saturated heterocycles. The van der Waals surface area contributed by atoms with Crippen LogP contribution in [0, 0.1) is 17.8 Å². The Morgan fingerprint density at radius 3 is 2.71 bits per heavy atom. The van der Waals surface area contributed by atoms with Crippen molar-refractivity contribution in [3.8, 4) is 0 Å². The van der Waals surface area contributed by atoms with Gasteiger partial charge >= 0.3 is 0 Å². The Morgan fingerprint density at radius 2 is 1.96 bits per heavy atom. The van der Waals surface area contributed by atoms with Crippen LogP contribution in [0.2, 0.25) is 0 Å². The van der Waals surface area contributed by atoms with E-state index in [-0.39, 0.29) is 11.8 Å². The molecule has 154 valence electrons. The standard InChI is InChI=1S/C22H34N4O2/c1-2-21(27)26-19(22(28)25-14-15-10-11-20(23)24-13-15)12-17-8-5-7-16-6-3-4-9-18(16)17/h10-11,13,16-19H,2-9,12,14H2,1H3,(H2,23,24)(H,25,28)(H,26,27)/t16?,17?,18?,19-/m0/s1. The lowest BCUT2D eigenvalue weighted by atomic mass is 9.64. The van der Waals surface area contributed by atoms with E-state index >= 15 is 0 Å². The Hall–Kier alpha value is -2.11. The SMILES string of the molecule is CCC(=O)N[C@@H](CC1CCCC2CCCCC21)C(=O)NCc1ccc(N)nc1. The fourth-order valence-electron chi connectivity index (χ4n) is 5.05. The molecular formula is C22H34N4O2. The zero-order chi connectivity index (χ0) is 19.9. The quantitative estimate of drug-likeness (QED) is 0.670. The monoisotopic (exact) mass is 386 g/mol. The first-order valence-corrected chi connectivity index (χ1v) is 10.8. The third-order valence-electron chi connectivity index (χ3n) is 6.55. The Morgan fingerprint density at radius 1 is 1.18 bits per heavy atom. The van der Waals surface area contributed by atoms with Gasteiger partial charge in [-0.25, -0.2) is 4.98 Å². The van der Waals surface area contributed by atoms with E-state index in [1.807, 2.05) is 13.0 Å². The first-order chi connectivity index (χ1) is 13.6. The number of nitrogens with two attached hydrogens (primary N) is 1. The van der Waals surface area contributed by atoms with Crippen molar-refractivity contribution in [2.24, 2.45) is 17.8 Å². The molecule has 3 rings (SSSR count). The van der Waals surface area contributed by atoms with Crippen LogP contribution in [0.4, 0.5) is 5.82 Å². The van der Waals surface area contributed by atoms with E-state index in [1.54, 1.807) is 12.3 Å². The normalized spacial score (nSPS) is 25.4. The summed E-state index contributed by atoms with van der Waals surface area (Å²) in [6.45, 7) is 2.21. The number of carbonyl (C=O) groups excluding carboxylic acids is 2. The largest absolute Gasteiger partial charge is 0.384 e. The number of hydrogen-bond acceptors (Lipinski definition) is 4. The average Bonchev–Trinajstić information content (AvgIpc) is 2.72. The maximum atomic E-state index is 12.9. The van der Waals surface area contributed by atoms with Gasteiger partial charge in [-0.15, -0.1) is 0 Å². The van der Waals surface area contributed by atoms with Gasteiger partial charge in [0.15, 0.2) is 0 Å². The van der Waals surface area contributed by atoms with E-state index in [0.717, 1.165) is 23.8 Å². The maximum absolute atomic E-state index is 12.9. The van der Waals surface area contributed by atoms with Crippen LogP contribution in [-0.4, -0.2) is 22.8 Å². The third-order valence-corrected chi connectivity index (χ3v) is 6.55. The Bertz CT molecular complexity index is 659. The molecule has 0 aliphatic heterocycles. The van der Waals surface area contributed by atoms with E-state index in [1.165, 1.54) is 44.9 Å². The molecule has 3 unspecified atom stereocenters. The molecule has 28 heavy (non-hydrogen) atoms. The third kappa shape index (κ3) is 5.46. The number of nitrogens with zero attached hydrogens (tertiary/aromatic N) is 1. The predicted octanol–water partition coefficient (Wildman–Crippen LogP) is 3.17. The Balaban J connectivity index is 1.62. The number of hydrogen-bond donors (Lipinski definition) is 3. The second-order valence-electron chi connectivity index (χ2n) is 8.42. The van der Waals surface area contributed by atoms with E-state index < -0.39 is 6.04 Å². The summed E-state index contributed by atoms with van der Waals surface area (Å²) in [5.74, 6) is 2.37. The molecule has 2 fully saturated rings. The first-order valence-electron chi connectivity index (χ1n) is 10.8. The molecule has 4 N–H and O–H groups in total. The minimum Gasteiger partial charge on any atom is -0.384 e. The topological polar surface area (TPSA) is 97.1 Å². The molecular weight excluding hydrogens is 352 g/mol. The van der Waals surface area contributed by atoms with Gasteiger partial charge in [-0.3, -0.25) is 9.59 Å². The van der Waals surface area contributed by atoms with E-state index in [0.29, 0.717) is 24.7 Å². The highest BCUT2D eigenvalue weighted by molar-refractivity contribution is 5.87. The van der Waals surface area contributed by atoms with Gasteiger partial charge in [-0.05, 0) is 42.2 Å². The van der Waals surface area contributed by atoms with Crippen LogP contribution in [0.25, 0.3) is 0 Å². The van der Waals surface area contributed by atoms with Crippen LogP contribution < -0.4 is 16.4 Å². The summed E-state index contributed by atoms with van der Waals surface area (Å²) in [7, 11) is 0. The van der Waals surface area contributed by atoms with Crippen molar-refractivity contribution < 1.29 is 9.59 Å². The Labute approximate surface area is 168 Å². The number of fused-ring (bicyclic) bond motifs is 1. The highest BCUT2D eigenvalue weighted by Gasteiger charge is 2.37. The molecule has 2 amide bonds. The predicted molar refractivity (Wildman–Crippen MR) is 110 cm³/mol. The van der Waals surface area contributed by atoms with Crippen LogP contribution in [0.5, 0.6) is 0 Å². The number of carbonyl (C=O) groups is 2. The number of rotatable bonds is 7. The van der Waals surface area contributed by atoms with Gasteiger partial charge in [0.1, 0.15) is 11.9 Å². The molecule has 6 heteroatoms. The summed E-state index contributed by atoms with van der Waals surface area (Å²) < 4.78 is 0. The minimum absolute atomic E-state index is 0.0645. The summed E-state index contributed by atoms with van der Waals surface area (Å²) in [4.78, 5) is 29.0. The summed E-state index contributed by atoms with van der Waals surface area (Å²) in [5.41, 5.74) is 6.51. The van der Waals surface area contributed by atoms with Crippen LogP contribution in [0.1, 0.15) is 70.3 Å². The lowest BCUT2D eigenvalue weighted by Crippen LogP contribution is -2.48. The van der Waals surface area contributed by atoms with Crippen LogP contribution in [0.15, 0.2) is 18.3 Å². The van der Waals surface area contributed by atoms with Crippen molar-refractivity contribution >= 4 is 17.6 Å². The van der Waals surface area contributed by atoms with Crippen molar-refractivity contribution in [3.63, 3.8) is 0 Å². The lowest BCUT2D eigenvalue weighted by Gasteiger charge is -2.42. The zero-order valence-electron chi connectivity index (χ0n) is 17.0. The Kier molecular flexibility index (Phi) is 7.29. The smallest absolute Gasteiger partial charge is 0.242 e. The van der Waals surface area contributed by atoms with Crippen LogP contribution >= 0.6 is 0 Å². The van der Waals surface area contributed by atoms with Crippen molar-refractivity contribution in [1.29, 1.82) is 0 Å². The molecule has 0 aromatic carbocycles. The highest BCUT2D eigenvalue weighted by atomic mass is 16.2. The van der Waals surface area contributed by atoms with Crippen molar-refractivity contribution in [3.05, 3.63) is 23.9 Å². The van der Waals surface area contributed by atoms with Gasteiger partial charge in [0.2, 0.25) is 11.8 Å². The second kappa shape index (κ2) is 9.89. The zero-order valence-corrected chi connectivity index (χ0v) is 17.0. The molecule has 0 radical (unpaired) electrons. The number of nitrogen functional groups attached to an aromatic ring is 1. The number of aromatic nitrogens is 1. The maximum Gasteiger partial charge on any atom is 0.242 e. The van der Waals surface area contributed by atoms with E-state index in [4.69, 9.17) is 5.73 Å². The summed E-state index contributed by atoms with van der Waals surface area (Å²) in [6, 6.07) is 3.12. The van der Waals surface area contributed by atoms with Gasteiger partial charge in [0, 0.05) is 19.2 Å². The molecule has 2 saturated carbocycles. The average molecular weight is 387 g/mol. The fraction of sp³-hybridized carbons (Fsp3) is 0.682. The molecule has 2 aliphatic rings. The molecule has 1 heterocycles. The molecule has 2 aliphatic carbocycles. The molecule has 0 spiro atoms. The van der Waals surface area contributed by atoms with Crippen molar-refractivity contribution in [1.82, 2.24) is 15.6 Å². The summed E-state index contributed by atoms with van der Waals surface area (Å²) >= 11 is 0. The lowest BCUT2D eigenvalue weighted by molar-refractivity contribution is -0.129. The molecule has 6 nitrogen and oxygen atoms in total. The van der Waals surface area contributed by atoms with Crippen LogP contribution in [-0.2, 0) is 16.1 Å². The molecule has 4 atom stereocenters. The number of nitrogens with one attached hydrogen (secondary N) is 2. The molecule has 0 bridgehead atoms. The number of pyridine rings is 1. The van der Waals surface area contributed by atoms with Crippen molar-refractivity contribution in [2.75, 3.05) is 5.73 Å². The van der Waals surface area contributed by atoms with Crippen LogP contribution in [0.3, 0.4) is 0 Å². The van der Waals surface area contributed by atoms with Gasteiger partial charge in [-0.2, -0.15) is 0 Å². The van der Waals surface area contributed by atoms with E-state index in [2.05, 4.69) is 15.6 Å². The number of anilines is 1.